The van der Waals surface area contributed by atoms with Gasteiger partial charge in [-0.05, 0) is 18.6 Å². The van der Waals surface area contributed by atoms with Crippen molar-refractivity contribution in [1.29, 1.82) is 0 Å². The summed E-state index contributed by atoms with van der Waals surface area (Å²) in [6.07, 6.45) is -4.60. The second kappa shape index (κ2) is 5.52. The molecule has 3 nitrogen and oxygen atoms in total. The Balaban J connectivity index is 3.01. The first-order valence-electron chi connectivity index (χ1n) is 6.06. The zero-order valence-corrected chi connectivity index (χ0v) is 12.6. The van der Waals surface area contributed by atoms with E-state index < -0.39 is 29.0 Å². The van der Waals surface area contributed by atoms with Gasteiger partial charge < -0.3 is 10.2 Å². The number of hydrogen-bond acceptors (Lipinski definition) is 2. The van der Waals surface area contributed by atoms with E-state index in [-0.39, 0.29) is 32.8 Å². The molecule has 0 aliphatic carbocycles. The third-order valence-electron chi connectivity index (χ3n) is 3.28. The van der Waals surface area contributed by atoms with Crippen LogP contribution in [0.1, 0.15) is 28.4 Å². The smallest absolute Gasteiger partial charge is 0.417 e. The summed E-state index contributed by atoms with van der Waals surface area (Å²) in [4.78, 5) is 11.1. The van der Waals surface area contributed by atoms with Gasteiger partial charge in [0.1, 0.15) is 5.75 Å². The van der Waals surface area contributed by atoms with Crippen molar-refractivity contribution < 1.29 is 28.2 Å². The van der Waals surface area contributed by atoms with Crippen molar-refractivity contribution in [3.8, 4) is 5.75 Å². The van der Waals surface area contributed by atoms with Crippen molar-refractivity contribution in [3.05, 3.63) is 38.9 Å². The third kappa shape index (κ3) is 2.57. The summed E-state index contributed by atoms with van der Waals surface area (Å²) >= 11 is 12.0. The van der Waals surface area contributed by atoms with Gasteiger partial charge >= 0.3 is 12.1 Å². The highest BCUT2D eigenvalue weighted by molar-refractivity contribution is 6.42. The Bertz CT molecular complexity index is 785. The van der Waals surface area contributed by atoms with Gasteiger partial charge in [-0.15, -0.1) is 0 Å². The monoisotopic (exact) mass is 352 g/mol. The van der Waals surface area contributed by atoms with Crippen LogP contribution in [-0.2, 0) is 12.6 Å². The molecule has 0 unspecified atom stereocenters. The van der Waals surface area contributed by atoms with Crippen molar-refractivity contribution in [2.45, 2.75) is 19.5 Å². The molecule has 2 aromatic carbocycles. The van der Waals surface area contributed by atoms with Gasteiger partial charge in [-0.2, -0.15) is 13.2 Å². The van der Waals surface area contributed by atoms with E-state index in [2.05, 4.69) is 0 Å². The van der Waals surface area contributed by atoms with Crippen LogP contribution in [0.25, 0.3) is 10.8 Å². The number of carbonyl (C=O) groups is 1. The minimum absolute atomic E-state index is 0.0179. The Morgan fingerprint density at radius 2 is 1.73 bits per heavy atom. The molecule has 0 aliphatic rings. The number of aromatic hydroxyl groups is 1. The molecule has 0 aromatic heterocycles. The number of fused-ring (bicyclic) bond motifs is 1. The average Bonchev–Trinajstić information content (AvgIpc) is 2.43. The zero-order valence-electron chi connectivity index (χ0n) is 11.1. The van der Waals surface area contributed by atoms with E-state index >= 15 is 0 Å². The normalized spacial score (nSPS) is 11.9. The van der Waals surface area contributed by atoms with E-state index in [1.165, 1.54) is 0 Å². The first-order chi connectivity index (χ1) is 10.1. The quantitative estimate of drug-likeness (QED) is 0.787. The van der Waals surface area contributed by atoms with E-state index in [1.807, 2.05) is 0 Å². The SMILES string of the molecule is CCc1c(O)c(Cl)c2cc(C(F)(F)F)c(C(=O)O)cc2c1Cl. The van der Waals surface area contributed by atoms with Crippen molar-refractivity contribution in [1.82, 2.24) is 0 Å². The van der Waals surface area contributed by atoms with E-state index in [0.29, 0.717) is 6.07 Å². The van der Waals surface area contributed by atoms with Crippen LogP contribution in [0.5, 0.6) is 5.75 Å². The number of carboxylic acids is 1. The standard InChI is InChI=1S/C14H9Cl2F3O3/c1-2-5-10(15)6-3-8(13(21)22)9(14(17,18)19)4-7(6)11(16)12(5)20/h3-4,20H,2H2,1H3,(H,21,22). The molecule has 0 bridgehead atoms. The maximum absolute atomic E-state index is 13.0. The molecule has 0 fully saturated rings. The van der Waals surface area contributed by atoms with Gasteiger partial charge in [0, 0.05) is 16.3 Å². The van der Waals surface area contributed by atoms with Crippen LogP contribution < -0.4 is 0 Å². The van der Waals surface area contributed by atoms with Crippen LogP contribution in [0.3, 0.4) is 0 Å². The van der Waals surface area contributed by atoms with Gasteiger partial charge in [0.05, 0.1) is 21.2 Å². The van der Waals surface area contributed by atoms with Crippen LogP contribution in [0, 0.1) is 0 Å². The van der Waals surface area contributed by atoms with E-state index in [1.54, 1.807) is 6.92 Å². The predicted molar refractivity (Wildman–Crippen MR) is 77.0 cm³/mol. The summed E-state index contributed by atoms with van der Waals surface area (Å²) in [6.45, 7) is 1.67. The fourth-order valence-electron chi connectivity index (χ4n) is 2.22. The summed E-state index contributed by atoms with van der Waals surface area (Å²) in [5.74, 6) is -2.13. The molecule has 0 spiro atoms. The molecule has 22 heavy (non-hydrogen) atoms. The molecule has 2 N–H and O–H groups in total. The van der Waals surface area contributed by atoms with Gasteiger partial charge in [-0.25, -0.2) is 4.79 Å². The maximum atomic E-state index is 13.0. The molecular weight excluding hydrogens is 344 g/mol. The number of rotatable bonds is 2. The Morgan fingerprint density at radius 3 is 2.18 bits per heavy atom. The summed E-state index contributed by atoms with van der Waals surface area (Å²) < 4.78 is 39.0. The fourth-order valence-corrected chi connectivity index (χ4v) is 2.87. The molecule has 0 radical (unpaired) electrons. The highest BCUT2D eigenvalue weighted by Crippen LogP contribution is 2.44. The molecular formula is C14H9Cl2F3O3. The van der Waals surface area contributed by atoms with Gasteiger partial charge in [-0.1, -0.05) is 30.1 Å². The van der Waals surface area contributed by atoms with Crippen molar-refractivity contribution >= 4 is 39.9 Å². The Kier molecular flexibility index (Phi) is 4.19. The number of aromatic carboxylic acids is 1. The number of phenols is 1. The Hall–Kier alpha value is -1.66. The van der Waals surface area contributed by atoms with Crippen molar-refractivity contribution in [2.75, 3.05) is 0 Å². The van der Waals surface area contributed by atoms with Crippen molar-refractivity contribution in [2.24, 2.45) is 0 Å². The number of hydrogen-bond donors (Lipinski definition) is 2. The lowest BCUT2D eigenvalue weighted by Crippen LogP contribution is -2.13. The average molecular weight is 353 g/mol. The second-order valence-corrected chi connectivity index (χ2v) is 5.31. The Morgan fingerprint density at radius 1 is 1.18 bits per heavy atom. The van der Waals surface area contributed by atoms with Crippen LogP contribution >= 0.6 is 23.2 Å². The largest absolute Gasteiger partial charge is 0.506 e. The van der Waals surface area contributed by atoms with Crippen LogP contribution in [-0.4, -0.2) is 16.2 Å². The minimum atomic E-state index is -4.88. The summed E-state index contributed by atoms with van der Waals surface area (Å²) in [7, 11) is 0. The topological polar surface area (TPSA) is 57.5 Å². The molecule has 0 amide bonds. The highest BCUT2D eigenvalue weighted by Gasteiger charge is 2.36. The molecule has 8 heteroatoms. The van der Waals surface area contributed by atoms with Crippen LogP contribution in [0.2, 0.25) is 10.0 Å². The van der Waals surface area contributed by atoms with Crippen LogP contribution in [0.4, 0.5) is 13.2 Å². The molecule has 118 valence electrons. The number of benzene rings is 2. The summed E-state index contributed by atoms with van der Waals surface area (Å²) in [5.41, 5.74) is -2.03. The second-order valence-electron chi connectivity index (χ2n) is 4.55. The predicted octanol–water partition coefficient (Wildman–Crippen LogP) is 5.13. The van der Waals surface area contributed by atoms with Gasteiger partial charge in [0.15, 0.2) is 0 Å². The zero-order chi connectivity index (χ0) is 16.8. The van der Waals surface area contributed by atoms with Crippen LogP contribution in [0.15, 0.2) is 12.1 Å². The number of phenolic OH excluding ortho intramolecular Hbond substituents is 1. The molecule has 0 heterocycles. The summed E-state index contributed by atoms with van der Waals surface area (Å²) in [5, 5.41) is 18.5. The lowest BCUT2D eigenvalue weighted by molar-refractivity contribution is -0.138. The minimum Gasteiger partial charge on any atom is -0.506 e. The van der Waals surface area contributed by atoms with E-state index in [0.717, 1.165) is 6.07 Å². The van der Waals surface area contributed by atoms with Gasteiger partial charge in [0.25, 0.3) is 0 Å². The van der Waals surface area contributed by atoms with Gasteiger partial charge in [-0.3, -0.25) is 0 Å². The van der Waals surface area contributed by atoms with E-state index in [9.17, 15) is 23.1 Å². The van der Waals surface area contributed by atoms with E-state index in [4.69, 9.17) is 28.3 Å². The summed E-state index contributed by atoms with van der Waals surface area (Å²) in [6, 6.07) is 1.42. The molecule has 0 aliphatic heterocycles. The molecule has 2 aromatic rings. The number of alkyl halides is 3. The first kappa shape index (κ1) is 16.7. The maximum Gasteiger partial charge on any atom is 0.417 e. The highest BCUT2D eigenvalue weighted by atomic mass is 35.5. The first-order valence-corrected chi connectivity index (χ1v) is 6.82. The van der Waals surface area contributed by atoms with Crippen molar-refractivity contribution in [3.63, 3.8) is 0 Å². The number of halogens is 5. The number of carboxylic acid groups (broad SMARTS) is 1. The molecule has 0 saturated heterocycles. The molecule has 2 rings (SSSR count). The molecule has 0 atom stereocenters. The van der Waals surface area contributed by atoms with Gasteiger partial charge in [0.2, 0.25) is 0 Å². The Labute approximate surface area is 132 Å². The lowest BCUT2D eigenvalue weighted by atomic mass is 9.97. The third-order valence-corrected chi connectivity index (χ3v) is 4.09. The fraction of sp³-hybridized carbons (Fsp3) is 0.214. The lowest BCUT2D eigenvalue weighted by Gasteiger charge is -2.16. The molecule has 0 saturated carbocycles.